The first-order valence-electron chi connectivity index (χ1n) is 9.29. The molecule has 0 radical (unpaired) electrons. The molecule has 0 fully saturated rings. The standard InChI is InChI=1S/C24H23NO3S/c1-17(26)16-29-22-11-7-6-10-21(22)24(27)25-23(18-8-4-3-5-9-18)19-12-14-20(28-2)15-13-19/h3-15,23H,16H2,1-2H3,(H,25,27)/t23-/m0/s1. The second-order valence-electron chi connectivity index (χ2n) is 6.58. The number of ketones is 1. The van der Waals surface area contributed by atoms with Gasteiger partial charge in [-0.25, -0.2) is 0 Å². The number of Topliss-reactive ketones (excluding diaryl/α,β-unsaturated/α-hetero) is 1. The molecule has 4 nitrogen and oxygen atoms in total. The summed E-state index contributed by atoms with van der Waals surface area (Å²) < 4.78 is 5.25. The number of nitrogens with one attached hydrogen (secondary N) is 1. The molecule has 148 valence electrons. The van der Waals surface area contributed by atoms with Gasteiger partial charge in [-0.15, -0.1) is 11.8 Å². The minimum atomic E-state index is -0.305. The van der Waals surface area contributed by atoms with E-state index in [1.807, 2.05) is 72.8 Å². The van der Waals surface area contributed by atoms with E-state index >= 15 is 0 Å². The highest BCUT2D eigenvalue weighted by Gasteiger charge is 2.20. The molecule has 3 aromatic rings. The fourth-order valence-corrected chi connectivity index (χ4v) is 3.82. The molecule has 0 heterocycles. The second-order valence-corrected chi connectivity index (χ2v) is 7.59. The molecule has 0 saturated heterocycles. The van der Waals surface area contributed by atoms with Gasteiger partial charge >= 0.3 is 0 Å². The highest BCUT2D eigenvalue weighted by molar-refractivity contribution is 8.00. The zero-order chi connectivity index (χ0) is 20.6. The Kier molecular flexibility index (Phi) is 7.09. The Balaban J connectivity index is 1.90. The summed E-state index contributed by atoms with van der Waals surface area (Å²) in [6.45, 7) is 1.55. The molecule has 0 aliphatic heterocycles. The minimum Gasteiger partial charge on any atom is -0.497 e. The summed E-state index contributed by atoms with van der Waals surface area (Å²) in [6, 6.07) is 24.6. The van der Waals surface area contributed by atoms with Crippen LogP contribution in [0.1, 0.15) is 34.5 Å². The number of carbonyl (C=O) groups is 2. The van der Waals surface area contributed by atoms with Gasteiger partial charge in [0.25, 0.3) is 5.91 Å². The van der Waals surface area contributed by atoms with Crippen molar-refractivity contribution in [1.82, 2.24) is 5.32 Å². The van der Waals surface area contributed by atoms with Gasteiger partial charge in [-0.2, -0.15) is 0 Å². The van der Waals surface area contributed by atoms with Crippen molar-refractivity contribution in [2.75, 3.05) is 12.9 Å². The maximum Gasteiger partial charge on any atom is 0.253 e. The van der Waals surface area contributed by atoms with Gasteiger partial charge in [0.1, 0.15) is 11.5 Å². The predicted octanol–water partition coefficient (Wildman–Crippen LogP) is 4.90. The van der Waals surface area contributed by atoms with Crippen molar-refractivity contribution in [2.24, 2.45) is 0 Å². The monoisotopic (exact) mass is 405 g/mol. The van der Waals surface area contributed by atoms with Crippen LogP contribution in [0.15, 0.2) is 83.8 Å². The van der Waals surface area contributed by atoms with Crippen LogP contribution in [0.3, 0.4) is 0 Å². The van der Waals surface area contributed by atoms with Crippen LogP contribution in [0.2, 0.25) is 0 Å². The fourth-order valence-electron chi connectivity index (χ4n) is 2.97. The van der Waals surface area contributed by atoms with Crippen LogP contribution in [-0.2, 0) is 4.79 Å². The zero-order valence-electron chi connectivity index (χ0n) is 16.4. The molecule has 3 rings (SSSR count). The van der Waals surface area contributed by atoms with Gasteiger partial charge in [-0.1, -0.05) is 54.6 Å². The Bertz CT molecular complexity index is 971. The molecule has 5 heteroatoms. The number of hydrogen-bond donors (Lipinski definition) is 1. The van der Waals surface area contributed by atoms with Crippen LogP contribution in [-0.4, -0.2) is 24.6 Å². The van der Waals surface area contributed by atoms with Crippen LogP contribution in [0, 0.1) is 0 Å². The largest absolute Gasteiger partial charge is 0.497 e. The van der Waals surface area contributed by atoms with E-state index in [4.69, 9.17) is 4.74 Å². The van der Waals surface area contributed by atoms with Crippen LogP contribution in [0.25, 0.3) is 0 Å². The van der Waals surface area contributed by atoms with Crippen LogP contribution in [0.5, 0.6) is 5.75 Å². The molecule has 0 spiro atoms. The van der Waals surface area contributed by atoms with Gasteiger partial charge in [0, 0.05) is 4.90 Å². The van der Waals surface area contributed by atoms with Crippen molar-refractivity contribution in [3.63, 3.8) is 0 Å². The quantitative estimate of drug-likeness (QED) is 0.542. The highest BCUT2D eigenvalue weighted by atomic mass is 32.2. The maximum absolute atomic E-state index is 13.2. The Morgan fingerprint density at radius 3 is 2.17 bits per heavy atom. The molecular weight excluding hydrogens is 382 g/mol. The fraction of sp³-hybridized carbons (Fsp3) is 0.167. The molecular formula is C24H23NO3S. The summed E-state index contributed by atoms with van der Waals surface area (Å²) in [7, 11) is 1.63. The lowest BCUT2D eigenvalue weighted by Crippen LogP contribution is -2.29. The second kappa shape index (κ2) is 9.94. The first kappa shape index (κ1) is 20.7. The Morgan fingerprint density at radius 2 is 1.52 bits per heavy atom. The molecule has 0 saturated carbocycles. The van der Waals surface area contributed by atoms with Crippen molar-refractivity contribution in [2.45, 2.75) is 17.9 Å². The van der Waals surface area contributed by atoms with Crippen LogP contribution >= 0.6 is 11.8 Å². The number of carbonyl (C=O) groups excluding carboxylic acids is 2. The van der Waals surface area contributed by atoms with E-state index in [1.165, 1.54) is 11.8 Å². The number of amides is 1. The predicted molar refractivity (Wildman–Crippen MR) is 117 cm³/mol. The van der Waals surface area contributed by atoms with Gasteiger partial charge in [0.05, 0.1) is 24.5 Å². The van der Waals surface area contributed by atoms with E-state index in [0.29, 0.717) is 11.3 Å². The summed E-state index contributed by atoms with van der Waals surface area (Å²) in [4.78, 5) is 25.3. The number of benzene rings is 3. The maximum atomic E-state index is 13.2. The summed E-state index contributed by atoms with van der Waals surface area (Å²) >= 11 is 1.38. The first-order valence-corrected chi connectivity index (χ1v) is 10.3. The number of methoxy groups -OCH3 is 1. The Morgan fingerprint density at radius 1 is 0.897 bits per heavy atom. The van der Waals surface area contributed by atoms with Crippen molar-refractivity contribution >= 4 is 23.5 Å². The molecule has 1 amide bonds. The Labute approximate surface area is 175 Å². The molecule has 0 unspecified atom stereocenters. The normalized spacial score (nSPS) is 11.5. The van der Waals surface area contributed by atoms with E-state index in [0.717, 1.165) is 21.8 Å². The minimum absolute atomic E-state index is 0.0746. The third kappa shape index (κ3) is 5.48. The molecule has 0 bridgehead atoms. The molecule has 29 heavy (non-hydrogen) atoms. The summed E-state index contributed by atoms with van der Waals surface area (Å²) in [5, 5.41) is 3.15. The molecule has 0 aliphatic rings. The number of ether oxygens (including phenoxy) is 1. The van der Waals surface area contributed by atoms with E-state index in [1.54, 1.807) is 20.1 Å². The Hall–Kier alpha value is -3.05. The van der Waals surface area contributed by atoms with Gasteiger partial charge in [-0.05, 0) is 42.3 Å². The topological polar surface area (TPSA) is 55.4 Å². The average Bonchev–Trinajstić information content (AvgIpc) is 2.77. The summed E-state index contributed by atoms with van der Waals surface area (Å²) in [6.07, 6.45) is 0. The molecule has 0 aliphatic carbocycles. The average molecular weight is 406 g/mol. The van der Waals surface area contributed by atoms with Gasteiger partial charge in [-0.3, -0.25) is 9.59 Å². The van der Waals surface area contributed by atoms with Crippen molar-refractivity contribution < 1.29 is 14.3 Å². The van der Waals surface area contributed by atoms with E-state index in [9.17, 15) is 9.59 Å². The first-order chi connectivity index (χ1) is 14.1. The summed E-state index contributed by atoms with van der Waals surface area (Å²) in [5.41, 5.74) is 2.51. The lowest BCUT2D eigenvalue weighted by atomic mass is 9.98. The lowest BCUT2D eigenvalue weighted by Gasteiger charge is -2.21. The number of rotatable bonds is 8. The van der Waals surface area contributed by atoms with Crippen LogP contribution in [0.4, 0.5) is 0 Å². The zero-order valence-corrected chi connectivity index (χ0v) is 17.2. The third-order valence-corrected chi connectivity index (χ3v) is 5.64. The number of thioether (sulfide) groups is 1. The van der Waals surface area contributed by atoms with Crippen LogP contribution < -0.4 is 10.1 Å². The van der Waals surface area contributed by atoms with Gasteiger partial charge in [0.15, 0.2) is 0 Å². The molecule has 3 aromatic carbocycles. The summed E-state index contributed by atoms with van der Waals surface area (Å²) in [5.74, 6) is 0.995. The molecule has 0 aromatic heterocycles. The molecule has 1 N–H and O–H groups in total. The SMILES string of the molecule is COc1ccc([C@@H](NC(=O)c2ccccc2SCC(C)=O)c2ccccc2)cc1. The lowest BCUT2D eigenvalue weighted by molar-refractivity contribution is -0.114. The van der Waals surface area contributed by atoms with Gasteiger partial charge in [0.2, 0.25) is 0 Å². The third-order valence-electron chi connectivity index (χ3n) is 4.42. The van der Waals surface area contributed by atoms with Crippen molar-refractivity contribution in [3.05, 3.63) is 95.6 Å². The highest BCUT2D eigenvalue weighted by Crippen LogP contribution is 2.27. The molecule has 1 atom stereocenters. The smallest absolute Gasteiger partial charge is 0.253 e. The van der Waals surface area contributed by atoms with E-state index in [2.05, 4.69) is 5.32 Å². The van der Waals surface area contributed by atoms with E-state index in [-0.39, 0.29) is 17.7 Å². The number of hydrogen-bond acceptors (Lipinski definition) is 4. The van der Waals surface area contributed by atoms with Gasteiger partial charge < -0.3 is 10.1 Å². The van der Waals surface area contributed by atoms with Crippen molar-refractivity contribution in [1.29, 1.82) is 0 Å². The van der Waals surface area contributed by atoms with Crippen molar-refractivity contribution in [3.8, 4) is 5.75 Å². The van der Waals surface area contributed by atoms with E-state index < -0.39 is 0 Å².